The molecule has 0 bridgehead atoms. The molecule has 20 heavy (non-hydrogen) atoms. The summed E-state index contributed by atoms with van der Waals surface area (Å²) < 4.78 is 5.43. The van der Waals surface area contributed by atoms with E-state index in [0.29, 0.717) is 0 Å². The van der Waals surface area contributed by atoms with E-state index in [1.54, 1.807) is 0 Å². The van der Waals surface area contributed by atoms with Gasteiger partial charge in [0.05, 0.1) is 21.0 Å². The zero-order valence-electron chi connectivity index (χ0n) is 10.3. The maximum absolute atomic E-state index is 10.7. The Kier molecular flexibility index (Phi) is 4.04. The van der Waals surface area contributed by atoms with Crippen molar-refractivity contribution in [3.05, 3.63) is 32.3 Å². The molecule has 8 heteroatoms. The minimum Gasteiger partial charge on any atom is -0.487 e. The highest BCUT2D eigenvalue weighted by atomic mass is 35.5. The standard InChI is InChI=1S/C12H11Cl2N3O3/c13-9-3-8(17(18)19)4-10(14)11(9)20-6-12(16,5-15)7-1-2-7/h3-4,7H,1-2,6,16H2. The summed E-state index contributed by atoms with van der Waals surface area (Å²) in [5.41, 5.74) is 4.63. The highest BCUT2D eigenvalue weighted by Gasteiger charge is 2.43. The summed E-state index contributed by atoms with van der Waals surface area (Å²) in [6.45, 7) is -0.0641. The molecule has 1 aliphatic carbocycles. The van der Waals surface area contributed by atoms with Crippen molar-refractivity contribution in [3.8, 4) is 11.8 Å². The summed E-state index contributed by atoms with van der Waals surface area (Å²) in [7, 11) is 0. The molecule has 1 aliphatic rings. The van der Waals surface area contributed by atoms with Crippen LogP contribution in [0.3, 0.4) is 0 Å². The van der Waals surface area contributed by atoms with Gasteiger partial charge in [0.2, 0.25) is 0 Å². The quantitative estimate of drug-likeness (QED) is 0.664. The van der Waals surface area contributed by atoms with Crippen LogP contribution in [-0.2, 0) is 0 Å². The van der Waals surface area contributed by atoms with Crippen LogP contribution in [0.15, 0.2) is 12.1 Å². The average molecular weight is 316 g/mol. The Morgan fingerprint density at radius 3 is 2.45 bits per heavy atom. The fourth-order valence-corrected chi connectivity index (χ4v) is 2.41. The summed E-state index contributed by atoms with van der Waals surface area (Å²) in [5.74, 6) is 0.202. The van der Waals surface area contributed by atoms with Crippen molar-refractivity contribution in [2.24, 2.45) is 11.7 Å². The fraction of sp³-hybridized carbons (Fsp3) is 0.417. The predicted octanol–water partition coefficient (Wildman–Crippen LogP) is 2.91. The topological polar surface area (TPSA) is 102 Å². The Hall–Kier alpha value is -1.55. The van der Waals surface area contributed by atoms with Gasteiger partial charge in [-0.25, -0.2) is 0 Å². The number of rotatable bonds is 5. The van der Waals surface area contributed by atoms with Crippen LogP contribution in [0.5, 0.6) is 5.75 Å². The minimum absolute atomic E-state index is 0.0142. The number of halogens is 2. The first-order chi connectivity index (χ1) is 9.37. The molecule has 0 amide bonds. The van der Waals surface area contributed by atoms with Crippen molar-refractivity contribution in [1.29, 1.82) is 5.26 Å². The molecule has 0 spiro atoms. The molecular weight excluding hydrogens is 305 g/mol. The molecule has 0 aliphatic heterocycles. The molecule has 0 saturated heterocycles. The minimum atomic E-state index is -1.09. The van der Waals surface area contributed by atoms with E-state index in [1.807, 2.05) is 6.07 Å². The van der Waals surface area contributed by atoms with Crippen molar-refractivity contribution in [3.63, 3.8) is 0 Å². The van der Waals surface area contributed by atoms with E-state index in [-0.39, 0.29) is 34.0 Å². The van der Waals surface area contributed by atoms with Crippen LogP contribution in [0.4, 0.5) is 5.69 Å². The maximum atomic E-state index is 10.7. The molecule has 1 unspecified atom stereocenters. The number of benzene rings is 1. The number of ether oxygens (including phenoxy) is 1. The summed E-state index contributed by atoms with van der Waals surface area (Å²) >= 11 is 11.8. The molecule has 1 fully saturated rings. The van der Waals surface area contributed by atoms with Gasteiger partial charge in [-0.05, 0) is 18.8 Å². The van der Waals surface area contributed by atoms with Crippen LogP contribution in [0.1, 0.15) is 12.8 Å². The highest BCUT2D eigenvalue weighted by molar-refractivity contribution is 6.37. The van der Waals surface area contributed by atoms with Crippen LogP contribution < -0.4 is 10.5 Å². The first-order valence-electron chi connectivity index (χ1n) is 5.84. The van der Waals surface area contributed by atoms with Gasteiger partial charge >= 0.3 is 0 Å². The van der Waals surface area contributed by atoms with E-state index >= 15 is 0 Å². The van der Waals surface area contributed by atoms with Crippen LogP contribution >= 0.6 is 23.2 Å². The highest BCUT2D eigenvalue weighted by Crippen LogP contribution is 2.40. The number of nitriles is 1. The van der Waals surface area contributed by atoms with E-state index in [2.05, 4.69) is 0 Å². The second-order valence-corrected chi connectivity index (χ2v) is 5.53. The summed E-state index contributed by atoms with van der Waals surface area (Å²) in [4.78, 5) is 10.1. The molecule has 1 saturated carbocycles. The second-order valence-electron chi connectivity index (χ2n) is 4.71. The molecule has 0 heterocycles. The van der Waals surface area contributed by atoms with Gasteiger partial charge in [-0.3, -0.25) is 10.1 Å². The number of nitrogens with zero attached hydrogens (tertiary/aromatic N) is 2. The molecule has 2 N–H and O–H groups in total. The molecule has 1 aromatic carbocycles. The smallest absolute Gasteiger partial charge is 0.272 e. The molecule has 6 nitrogen and oxygen atoms in total. The lowest BCUT2D eigenvalue weighted by Crippen LogP contribution is -2.46. The van der Waals surface area contributed by atoms with Crippen molar-refractivity contribution in [1.82, 2.24) is 0 Å². The van der Waals surface area contributed by atoms with Crippen LogP contribution in [0, 0.1) is 27.4 Å². The predicted molar refractivity (Wildman–Crippen MR) is 73.9 cm³/mol. The molecular formula is C12H11Cl2N3O3. The van der Waals surface area contributed by atoms with Crippen molar-refractivity contribution in [2.75, 3.05) is 6.61 Å². The fourth-order valence-electron chi connectivity index (χ4n) is 1.82. The Morgan fingerprint density at radius 2 is 2.05 bits per heavy atom. The number of nitro benzene ring substituents is 1. The van der Waals surface area contributed by atoms with Crippen LogP contribution in [0.2, 0.25) is 10.0 Å². The first-order valence-corrected chi connectivity index (χ1v) is 6.59. The number of nitro groups is 1. The SMILES string of the molecule is N#CC(N)(COc1c(Cl)cc([N+](=O)[O-])cc1Cl)C1CC1. The van der Waals surface area contributed by atoms with Crippen molar-refractivity contribution in [2.45, 2.75) is 18.4 Å². The van der Waals surface area contributed by atoms with Crippen molar-refractivity contribution < 1.29 is 9.66 Å². The third-order valence-corrected chi connectivity index (χ3v) is 3.72. The first kappa shape index (κ1) is 14.9. The zero-order chi connectivity index (χ0) is 14.9. The normalized spacial score (nSPS) is 17.1. The molecule has 2 rings (SSSR count). The number of non-ortho nitro benzene ring substituents is 1. The molecule has 0 radical (unpaired) electrons. The number of hydrogen-bond donors (Lipinski definition) is 1. The lowest BCUT2D eigenvalue weighted by molar-refractivity contribution is -0.384. The molecule has 0 aromatic heterocycles. The molecule has 106 valence electrons. The van der Waals surface area contributed by atoms with Crippen LogP contribution in [-0.4, -0.2) is 17.1 Å². The van der Waals surface area contributed by atoms with Gasteiger partial charge in [0.15, 0.2) is 5.75 Å². The molecule has 1 aromatic rings. The van der Waals surface area contributed by atoms with E-state index in [4.69, 9.17) is 38.9 Å². The number of hydrogen-bond acceptors (Lipinski definition) is 5. The Bertz CT molecular complexity index is 575. The second kappa shape index (κ2) is 5.44. The van der Waals surface area contributed by atoms with Gasteiger partial charge < -0.3 is 10.5 Å². The Morgan fingerprint density at radius 1 is 1.50 bits per heavy atom. The van der Waals surface area contributed by atoms with Gasteiger partial charge in [0.25, 0.3) is 5.69 Å². The summed E-state index contributed by atoms with van der Waals surface area (Å²) in [6, 6.07) is 4.32. The largest absolute Gasteiger partial charge is 0.487 e. The lowest BCUT2D eigenvalue weighted by atomic mass is 9.98. The average Bonchev–Trinajstić information content (AvgIpc) is 3.21. The zero-order valence-corrected chi connectivity index (χ0v) is 11.8. The Labute approximate surface area is 125 Å². The van der Waals surface area contributed by atoms with E-state index in [9.17, 15) is 10.1 Å². The van der Waals surface area contributed by atoms with Gasteiger partial charge in [-0.15, -0.1) is 0 Å². The Balaban J connectivity index is 2.18. The third-order valence-electron chi connectivity index (χ3n) is 3.16. The van der Waals surface area contributed by atoms with Crippen molar-refractivity contribution >= 4 is 28.9 Å². The van der Waals surface area contributed by atoms with Gasteiger partial charge in [0.1, 0.15) is 12.1 Å². The summed E-state index contributed by atoms with van der Waals surface area (Å²) in [6.07, 6.45) is 1.77. The third kappa shape index (κ3) is 2.96. The van der Waals surface area contributed by atoms with Gasteiger partial charge in [-0.2, -0.15) is 5.26 Å². The maximum Gasteiger partial charge on any atom is 0.272 e. The van der Waals surface area contributed by atoms with E-state index < -0.39 is 10.5 Å². The van der Waals surface area contributed by atoms with Gasteiger partial charge in [-0.1, -0.05) is 23.2 Å². The summed E-state index contributed by atoms with van der Waals surface area (Å²) in [5, 5.41) is 19.8. The van der Waals surface area contributed by atoms with E-state index in [0.717, 1.165) is 25.0 Å². The lowest BCUT2D eigenvalue weighted by Gasteiger charge is -2.22. The molecule has 1 atom stereocenters. The van der Waals surface area contributed by atoms with Crippen LogP contribution in [0.25, 0.3) is 0 Å². The number of nitrogens with two attached hydrogens (primary N) is 1. The van der Waals surface area contributed by atoms with E-state index in [1.165, 1.54) is 0 Å². The monoisotopic (exact) mass is 315 g/mol. The van der Waals surface area contributed by atoms with Gasteiger partial charge in [0, 0.05) is 12.1 Å².